The maximum atomic E-state index is 14.1. The number of H-pyrrole nitrogens is 1. The molecule has 0 unspecified atom stereocenters. The predicted octanol–water partition coefficient (Wildman–Crippen LogP) is 3.81. The molecule has 3 aromatic heterocycles. The van der Waals surface area contributed by atoms with Crippen LogP contribution in [0.5, 0.6) is 0 Å². The topological polar surface area (TPSA) is 110 Å². The number of nitrogens with one attached hydrogen (secondary N) is 1. The summed E-state index contributed by atoms with van der Waals surface area (Å²) in [6.07, 6.45) is 8.13. The van der Waals surface area contributed by atoms with E-state index < -0.39 is 5.82 Å². The van der Waals surface area contributed by atoms with Crippen LogP contribution in [0, 0.1) is 34.4 Å². The zero-order chi connectivity index (χ0) is 22.1. The average molecular weight is 426 g/mol. The molecule has 0 aliphatic carbocycles. The molecule has 1 saturated heterocycles. The summed E-state index contributed by atoms with van der Waals surface area (Å²) in [4.78, 5) is 13.8. The van der Waals surface area contributed by atoms with E-state index in [1.807, 2.05) is 34.1 Å². The van der Waals surface area contributed by atoms with Crippen molar-refractivity contribution in [1.82, 2.24) is 24.7 Å². The summed E-state index contributed by atoms with van der Waals surface area (Å²) in [5.74, 6) is -0.380. The van der Waals surface area contributed by atoms with Gasteiger partial charge in [0, 0.05) is 42.4 Å². The van der Waals surface area contributed by atoms with Crippen LogP contribution in [0.1, 0.15) is 24.4 Å². The van der Waals surface area contributed by atoms with Gasteiger partial charge >= 0.3 is 0 Å². The molecule has 1 N–H and O–H groups in total. The Balaban J connectivity index is 1.42. The van der Waals surface area contributed by atoms with Gasteiger partial charge in [-0.2, -0.15) is 15.6 Å². The van der Waals surface area contributed by atoms with Gasteiger partial charge in [-0.3, -0.25) is 4.68 Å². The minimum absolute atomic E-state index is 0.0608. The number of nitriles is 2. The maximum Gasteiger partial charge on any atom is 0.143 e. The molecule has 1 fully saturated rings. The van der Waals surface area contributed by atoms with Gasteiger partial charge in [-0.05, 0) is 24.6 Å². The summed E-state index contributed by atoms with van der Waals surface area (Å²) in [7, 11) is 0. The second kappa shape index (κ2) is 8.12. The van der Waals surface area contributed by atoms with E-state index in [1.54, 1.807) is 18.3 Å². The van der Waals surface area contributed by atoms with Gasteiger partial charge in [0.1, 0.15) is 29.4 Å². The van der Waals surface area contributed by atoms with Crippen LogP contribution in [0.4, 0.5) is 10.1 Å². The van der Waals surface area contributed by atoms with Gasteiger partial charge in [0.05, 0.1) is 36.1 Å². The summed E-state index contributed by atoms with van der Waals surface area (Å²) in [5.41, 5.74) is 3.05. The smallest absolute Gasteiger partial charge is 0.143 e. The van der Waals surface area contributed by atoms with Crippen molar-refractivity contribution in [2.24, 2.45) is 5.92 Å². The number of anilines is 1. The molecule has 0 bridgehead atoms. The molecule has 1 aliphatic heterocycles. The molecule has 8 nitrogen and oxygen atoms in total. The van der Waals surface area contributed by atoms with Crippen molar-refractivity contribution in [1.29, 1.82) is 10.5 Å². The SMILES string of the molecule is N#CC[C@@H]([C@H]1CCN(c2cccc(F)c2C#N)C1)n1cc(-c2ncnc3[nH]ccc23)cn1. The Kier molecular flexibility index (Phi) is 5.00. The lowest BCUT2D eigenvalue weighted by Gasteiger charge is -2.24. The summed E-state index contributed by atoms with van der Waals surface area (Å²) < 4.78 is 15.9. The fraction of sp³-hybridized carbons (Fsp3) is 0.261. The number of nitrogens with zero attached hydrogens (tertiary/aromatic N) is 7. The van der Waals surface area contributed by atoms with Crippen molar-refractivity contribution in [2.75, 3.05) is 18.0 Å². The van der Waals surface area contributed by atoms with Crippen LogP contribution in [0.15, 0.2) is 49.2 Å². The Morgan fingerprint density at radius 3 is 3.00 bits per heavy atom. The molecule has 1 aromatic carbocycles. The minimum Gasteiger partial charge on any atom is -0.370 e. The van der Waals surface area contributed by atoms with Crippen LogP contribution in [0.25, 0.3) is 22.3 Å². The fourth-order valence-corrected chi connectivity index (χ4v) is 4.52. The maximum absolute atomic E-state index is 14.1. The van der Waals surface area contributed by atoms with Crippen LogP contribution in [-0.2, 0) is 0 Å². The molecule has 5 rings (SSSR count). The molecule has 32 heavy (non-hydrogen) atoms. The highest BCUT2D eigenvalue weighted by molar-refractivity contribution is 5.89. The lowest BCUT2D eigenvalue weighted by Crippen LogP contribution is -2.25. The Labute approximate surface area is 183 Å². The highest BCUT2D eigenvalue weighted by Crippen LogP contribution is 2.35. The summed E-state index contributed by atoms with van der Waals surface area (Å²) >= 11 is 0. The van der Waals surface area contributed by atoms with Gasteiger partial charge < -0.3 is 9.88 Å². The van der Waals surface area contributed by atoms with Gasteiger partial charge in [0.25, 0.3) is 0 Å². The molecule has 0 spiro atoms. The van der Waals surface area contributed by atoms with Gasteiger partial charge in [-0.15, -0.1) is 0 Å². The fourth-order valence-electron chi connectivity index (χ4n) is 4.52. The van der Waals surface area contributed by atoms with Gasteiger partial charge in [0.15, 0.2) is 0 Å². The van der Waals surface area contributed by atoms with Crippen molar-refractivity contribution < 1.29 is 4.39 Å². The predicted molar refractivity (Wildman–Crippen MR) is 116 cm³/mol. The Hall–Kier alpha value is -4.24. The van der Waals surface area contributed by atoms with Crippen LogP contribution in [0.3, 0.4) is 0 Å². The average Bonchev–Trinajstić information content (AvgIpc) is 3.57. The van der Waals surface area contributed by atoms with E-state index >= 15 is 0 Å². The third-order valence-electron chi connectivity index (χ3n) is 6.08. The van der Waals surface area contributed by atoms with Crippen molar-refractivity contribution in [3.63, 3.8) is 0 Å². The third-order valence-corrected chi connectivity index (χ3v) is 6.08. The van der Waals surface area contributed by atoms with Crippen LogP contribution < -0.4 is 4.90 Å². The number of hydrogen-bond acceptors (Lipinski definition) is 6. The zero-order valence-corrected chi connectivity index (χ0v) is 17.1. The quantitative estimate of drug-likeness (QED) is 0.520. The number of benzene rings is 1. The normalized spacial score (nSPS) is 16.7. The van der Waals surface area contributed by atoms with E-state index in [4.69, 9.17) is 0 Å². The monoisotopic (exact) mass is 426 g/mol. The molecule has 2 atom stereocenters. The van der Waals surface area contributed by atoms with Crippen LogP contribution >= 0.6 is 0 Å². The Morgan fingerprint density at radius 2 is 2.16 bits per heavy atom. The lowest BCUT2D eigenvalue weighted by molar-refractivity contribution is 0.332. The lowest BCUT2D eigenvalue weighted by atomic mass is 9.96. The van der Waals surface area contributed by atoms with E-state index in [0.717, 1.165) is 28.7 Å². The van der Waals surface area contributed by atoms with Crippen molar-refractivity contribution in [3.05, 3.63) is 60.6 Å². The van der Waals surface area contributed by atoms with Crippen molar-refractivity contribution in [2.45, 2.75) is 18.9 Å². The van der Waals surface area contributed by atoms with Crippen LogP contribution in [0.2, 0.25) is 0 Å². The zero-order valence-electron chi connectivity index (χ0n) is 17.1. The molecule has 0 saturated carbocycles. The van der Waals surface area contributed by atoms with Gasteiger partial charge in [-0.1, -0.05) is 6.07 Å². The van der Waals surface area contributed by atoms with E-state index in [1.165, 1.54) is 12.4 Å². The molecule has 0 amide bonds. The number of aromatic nitrogens is 5. The first-order valence-corrected chi connectivity index (χ1v) is 10.3. The molecule has 9 heteroatoms. The molecule has 4 heterocycles. The van der Waals surface area contributed by atoms with Crippen molar-refractivity contribution in [3.8, 4) is 23.4 Å². The van der Waals surface area contributed by atoms with E-state index in [9.17, 15) is 14.9 Å². The Morgan fingerprint density at radius 1 is 1.25 bits per heavy atom. The third kappa shape index (κ3) is 3.34. The second-order valence-electron chi connectivity index (χ2n) is 7.84. The largest absolute Gasteiger partial charge is 0.370 e. The first kappa shape index (κ1) is 19.7. The number of halogens is 1. The molecular formula is C23H19FN8. The number of rotatable bonds is 5. The first-order chi connectivity index (χ1) is 15.7. The highest BCUT2D eigenvalue weighted by Gasteiger charge is 2.32. The number of hydrogen-bond donors (Lipinski definition) is 1. The molecule has 1 aliphatic rings. The molecule has 158 valence electrons. The second-order valence-corrected chi connectivity index (χ2v) is 7.84. The van der Waals surface area contributed by atoms with Gasteiger partial charge in [0.2, 0.25) is 0 Å². The summed E-state index contributed by atoms with van der Waals surface area (Å²) in [5, 5.41) is 24.3. The molecule has 4 aromatic rings. The van der Waals surface area contributed by atoms with E-state index in [0.29, 0.717) is 25.2 Å². The summed E-state index contributed by atoms with van der Waals surface area (Å²) in [6.45, 7) is 1.31. The van der Waals surface area contributed by atoms with E-state index in [-0.39, 0.29) is 17.5 Å². The molecular weight excluding hydrogens is 407 g/mol. The minimum atomic E-state index is -0.514. The standard InChI is InChI=1S/C23H19FN8/c24-19-2-1-3-21(18(19)10-26)31-9-6-15(12-31)20(4-7-25)32-13-16(11-30-32)22-17-5-8-27-23(17)29-14-28-22/h1-3,5,8,11,13-15,20H,4,6,9,12H2,(H,27,28,29)/t15-,20-/m0/s1. The number of aromatic amines is 1. The van der Waals surface area contributed by atoms with Gasteiger partial charge in [-0.25, -0.2) is 14.4 Å². The Bertz CT molecular complexity index is 1360. The number of fused-ring (bicyclic) bond motifs is 1. The summed E-state index contributed by atoms with van der Waals surface area (Å²) in [6, 6.07) is 10.7. The first-order valence-electron chi connectivity index (χ1n) is 10.3. The van der Waals surface area contributed by atoms with E-state index in [2.05, 4.69) is 26.1 Å². The molecule has 0 radical (unpaired) electrons. The van der Waals surface area contributed by atoms with Crippen molar-refractivity contribution >= 4 is 16.7 Å². The van der Waals surface area contributed by atoms with Crippen LogP contribution in [-0.4, -0.2) is 37.8 Å². The highest BCUT2D eigenvalue weighted by atomic mass is 19.1.